The normalized spacial score (nSPS) is 13.1. The van der Waals surface area contributed by atoms with E-state index in [1.807, 2.05) is 19.2 Å². The Balaban J connectivity index is 3.07. The summed E-state index contributed by atoms with van der Waals surface area (Å²) in [7, 11) is 3.61. The molecule has 0 saturated carbocycles. The number of rotatable bonds is 4. The van der Waals surface area contributed by atoms with Crippen molar-refractivity contribution in [3.05, 3.63) is 32.7 Å². The zero-order valence-corrected chi connectivity index (χ0v) is 12.7. The van der Waals surface area contributed by atoms with E-state index in [0.29, 0.717) is 6.04 Å². The largest absolute Gasteiger partial charge is 0.495 e. The van der Waals surface area contributed by atoms with Crippen LogP contribution in [0, 0.1) is 0 Å². The molecule has 0 amide bonds. The van der Waals surface area contributed by atoms with Crippen molar-refractivity contribution in [3.63, 3.8) is 0 Å². The van der Waals surface area contributed by atoms with Gasteiger partial charge in [-0.05, 0) is 42.0 Å². The van der Waals surface area contributed by atoms with Crippen LogP contribution in [0.5, 0.6) is 5.75 Å². The van der Waals surface area contributed by atoms with Gasteiger partial charge in [0.15, 0.2) is 0 Å². The molecule has 2 nitrogen and oxygen atoms in total. The van der Waals surface area contributed by atoms with Crippen LogP contribution in [0.1, 0.15) is 12.5 Å². The molecule has 1 atom stereocenters. The van der Waals surface area contributed by atoms with Gasteiger partial charge in [0.2, 0.25) is 0 Å². The molecular weight excluding hydrogens is 334 g/mol. The Kier molecular flexibility index (Phi) is 5.52. The Labute approximate surface area is 113 Å². The van der Waals surface area contributed by atoms with Crippen molar-refractivity contribution in [2.75, 3.05) is 14.2 Å². The zero-order chi connectivity index (χ0) is 12.1. The van der Waals surface area contributed by atoms with E-state index in [4.69, 9.17) is 4.74 Å². The molecular formula is C12H15Br2NO. The first-order valence-corrected chi connectivity index (χ1v) is 6.55. The van der Waals surface area contributed by atoms with Gasteiger partial charge >= 0.3 is 0 Å². The summed E-state index contributed by atoms with van der Waals surface area (Å²) < 4.78 is 7.33. The van der Waals surface area contributed by atoms with Crippen LogP contribution in [0.3, 0.4) is 0 Å². The SMILES string of the molecule is CNC(C)/C=C/c1cc(Br)cc(Br)c1OC. The standard InChI is InChI=1S/C12H15Br2NO/c1-8(15-2)4-5-9-6-10(13)7-11(14)12(9)16-3/h4-8,15H,1-3H3/b5-4+. The van der Waals surface area contributed by atoms with Crippen LogP contribution >= 0.6 is 31.9 Å². The van der Waals surface area contributed by atoms with Crippen molar-refractivity contribution in [1.82, 2.24) is 5.32 Å². The van der Waals surface area contributed by atoms with Gasteiger partial charge in [-0.1, -0.05) is 28.1 Å². The summed E-state index contributed by atoms with van der Waals surface area (Å²) in [5.41, 5.74) is 1.05. The molecule has 0 saturated heterocycles. The van der Waals surface area contributed by atoms with E-state index in [0.717, 1.165) is 20.3 Å². The predicted molar refractivity (Wildman–Crippen MR) is 75.9 cm³/mol. The topological polar surface area (TPSA) is 21.3 Å². The van der Waals surface area contributed by atoms with Gasteiger partial charge in [0.05, 0.1) is 11.6 Å². The lowest BCUT2D eigenvalue weighted by Crippen LogP contribution is -2.17. The fourth-order valence-corrected chi connectivity index (χ4v) is 2.68. The van der Waals surface area contributed by atoms with E-state index in [1.54, 1.807) is 7.11 Å². The van der Waals surface area contributed by atoms with E-state index < -0.39 is 0 Å². The fraction of sp³-hybridized carbons (Fsp3) is 0.333. The molecule has 0 aliphatic heterocycles. The summed E-state index contributed by atoms with van der Waals surface area (Å²) in [6.07, 6.45) is 4.15. The van der Waals surface area contributed by atoms with Crippen molar-refractivity contribution in [2.24, 2.45) is 0 Å². The van der Waals surface area contributed by atoms with Gasteiger partial charge in [-0.25, -0.2) is 0 Å². The van der Waals surface area contributed by atoms with E-state index in [-0.39, 0.29) is 0 Å². The van der Waals surface area contributed by atoms with Crippen LogP contribution in [0.4, 0.5) is 0 Å². The van der Waals surface area contributed by atoms with Gasteiger partial charge in [-0.2, -0.15) is 0 Å². The third-order valence-corrected chi connectivity index (χ3v) is 3.31. The van der Waals surface area contributed by atoms with Crippen LogP contribution in [0.15, 0.2) is 27.2 Å². The first-order valence-electron chi connectivity index (χ1n) is 4.97. The minimum Gasteiger partial charge on any atom is -0.495 e. The van der Waals surface area contributed by atoms with Gasteiger partial charge < -0.3 is 10.1 Å². The smallest absolute Gasteiger partial charge is 0.140 e. The monoisotopic (exact) mass is 347 g/mol. The van der Waals surface area contributed by atoms with Crippen LogP contribution in [-0.4, -0.2) is 20.2 Å². The Hall–Kier alpha value is -0.320. The van der Waals surface area contributed by atoms with Gasteiger partial charge in [-0.15, -0.1) is 0 Å². The zero-order valence-electron chi connectivity index (χ0n) is 9.55. The van der Waals surface area contributed by atoms with Crippen molar-refractivity contribution < 1.29 is 4.74 Å². The van der Waals surface area contributed by atoms with Crippen LogP contribution < -0.4 is 10.1 Å². The van der Waals surface area contributed by atoms with Crippen molar-refractivity contribution in [2.45, 2.75) is 13.0 Å². The summed E-state index contributed by atoms with van der Waals surface area (Å²) in [5.74, 6) is 0.850. The number of methoxy groups -OCH3 is 1. The van der Waals surface area contributed by atoms with Gasteiger partial charge in [0.25, 0.3) is 0 Å². The molecule has 0 spiro atoms. The minimum absolute atomic E-state index is 0.336. The van der Waals surface area contributed by atoms with E-state index in [1.165, 1.54) is 0 Å². The number of ether oxygens (including phenoxy) is 1. The van der Waals surface area contributed by atoms with Gasteiger partial charge in [-0.3, -0.25) is 0 Å². The number of hydrogen-bond donors (Lipinski definition) is 1. The number of nitrogens with one attached hydrogen (secondary N) is 1. The highest BCUT2D eigenvalue weighted by atomic mass is 79.9. The molecule has 0 radical (unpaired) electrons. The van der Waals surface area contributed by atoms with Crippen LogP contribution in [-0.2, 0) is 0 Å². The van der Waals surface area contributed by atoms with Crippen molar-refractivity contribution in [3.8, 4) is 5.75 Å². The molecule has 0 bridgehead atoms. The molecule has 16 heavy (non-hydrogen) atoms. The molecule has 1 aromatic carbocycles. The number of benzene rings is 1. The van der Waals surface area contributed by atoms with E-state index in [2.05, 4.69) is 56.3 Å². The highest BCUT2D eigenvalue weighted by Crippen LogP contribution is 2.33. The lowest BCUT2D eigenvalue weighted by atomic mass is 10.1. The van der Waals surface area contributed by atoms with Crippen molar-refractivity contribution in [1.29, 1.82) is 0 Å². The minimum atomic E-state index is 0.336. The molecule has 0 aliphatic rings. The van der Waals surface area contributed by atoms with Crippen LogP contribution in [0.25, 0.3) is 6.08 Å². The summed E-state index contributed by atoms with van der Waals surface area (Å²) in [5, 5.41) is 3.15. The molecule has 1 unspecified atom stereocenters. The number of hydrogen-bond acceptors (Lipinski definition) is 2. The average molecular weight is 349 g/mol. The maximum atomic E-state index is 5.36. The summed E-state index contributed by atoms with van der Waals surface area (Å²) in [6, 6.07) is 4.34. The Bertz CT molecular complexity index is 391. The molecule has 0 aromatic heterocycles. The summed E-state index contributed by atoms with van der Waals surface area (Å²) in [6.45, 7) is 2.09. The molecule has 0 fully saturated rings. The highest BCUT2D eigenvalue weighted by Gasteiger charge is 2.06. The molecule has 4 heteroatoms. The Morgan fingerprint density at radius 3 is 2.62 bits per heavy atom. The first kappa shape index (κ1) is 13.7. The number of likely N-dealkylation sites (N-methyl/N-ethyl adjacent to an activating group) is 1. The quantitative estimate of drug-likeness (QED) is 0.892. The second kappa shape index (κ2) is 6.42. The van der Waals surface area contributed by atoms with Crippen LogP contribution in [0.2, 0.25) is 0 Å². The maximum absolute atomic E-state index is 5.36. The molecule has 1 rings (SSSR count). The second-order valence-corrected chi connectivity index (χ2v) is 5.22. The van der Waals surface area contributed by atoms with E-state index >= 15 is 0 Å². The molecule has 1 aromatic rings. The number of halogens is 2. The first-order chi connectivity index (χ1) is 7.58. The average Bonchev–Trinajstić information content (AvgIpc) is 2.25. The third-order valence-electron chi connectivity index (χ3n) is 2.26. The second-order valence-electron chi connectivity index (χ2n) is 3.45. The van der Waals surface area contributed by atoms with E-state index in [9.17, 15) is 0 Å². The lowest BCUT2D eigenvalue weighted by molar-refractivity contribution is 0.411. The third kappa shape index (κ3) is 3.61. The molecule has 88 valence electrons. The lowest BCUT2D eigenvalue weighted by Gasteiger charge is -2.09. The summed E-state index contributed by atoms with van der Waals surface area (Å²) in [4.78, 5) is 0. The Morgan fingerprint density at radius 2 is 2.06 bits per heavy atom. The summed E-state index contributed by atoms with van der Waals surface area (Å²) >= 11 is 6.94. The molecule has 1 N–H and O–H groups in total. The van der Waals surface area contributed by atoms with Crippen molar-refractivity contribution >= 4 is 37.9 Å². The fourth-order valence-electron chi connectivity index (χ4n) is 1.26. The highest BCUT2D eigenvalue weighted by molar-refractivity contribution is 9.11. The van der Waals surface area contributed by atoms with Gasteiger partial charge in [0.1, 0.15) is 5.75 Å². The molecule has 0 heterocycles. The molecule has 0 aliphatic carbocycles. The van der Waals surface area contributed by atoms with Gasteiger partial charge in [0, 0.05) is 16.1 Å². The Morgan fingerprint density at radius 1 is 1.38 bits per heavy atom. The maximum Gasteiger partial charge on any atom is 0.140 e. The predicted octanol–water partition coefficient (Wildman–Crippen LogP) is 3.84.